The summed E-state index contributed by atoms with van der Waals surface area (Å²) >= 11 is 0. The van der Waals surface area contributed by atoms with E-state index < -0.39 is 19.9 Å². The second-order valence-corrected chi connectivity index (χ2v) is 3.65. The van der Waals surface area contributed by atoms with Crippen LogP contribution in [0.15, 0.2) is 0 Å². The van der Waals surface area contributed by atoms with Gasteiger partial charge in [0.15, 0.2) is 0 Å². The Bertz CT molecular complexity index is 213. The molecule has 7 nitrogen and oxygen atoms in total. The van der Waals surface area contributed by atoms with Crippen LogP contribution < -0.4 is 11.5 Å². The zero-order valence-corrected chi connectivity index (χ0v) is 8.94. The highest BCUT2D eigenvalue weighted by atomic mass is 31.2. The third kappa shape index (κ3) is 24.7. The van der Waals surface area contributed by atoms with Gasteiger partial charge in [0, 0.05) is 0 Å². The molecule has 9 heteroatoms. The Kier molecular flexibility index (Phi) is 9.85. The summed E-state index contributed by atoms with van der Waals surface area (Å²) in [6.45, 7) is 0.604. The van der Waals surface area contributed by atoms with E-state index in [1.807, 2.05) is 0 Å². The molecule has 0 saturated heterocycles. The molecule has 0 heterocycles. The molecule has 0 aliphatic rings. The molecule has 7 N–H and O–H groups in total. The lowest BCUT2D eigenvalue weighted by atomic mass is 10.1. The molecule has 0 bridgehead atoms. The minimum atomic E-state index is -5.14. The van der Waals surface area contributed by atoms with Crippen molar-refractivity contribution in [3.8, 4) is 0 Å². The second-order valence-electron chi connectivity index (χ2n) is 2.70. The van der Waals surface area contributed by atoms with E-state index in [-0.39, 0.29) is 0 Å². The van der Waals surface area contributed by atoms with Gasteiger partial charge in [-0.3, -0.25) is 14.6 Å². The van der Waals surface area contributed by atoms with Crippen molar-refractivity contribution in [2.75, 3.05) is 6.54 Å². The molecule has 0 aliphatic heterocycles. The minimum Gasteiger partial charge on any atom is -0.480 e. The first-order chi connectivity index (χ1) is 6.68. The molecule has 0 radical (unpaired) electrons. The zero-order valence-electron chi connectivity index (χ0n) is 8.04. The normalized spacial score (nSPS) is 12.6. The maximum absolute atomic E-state index is 10.4. The highest BCUT2D eigenvalue weighted by Crippen LogP contribution is 2.34. The van der Waals surface area contributed by atoms with Crippen molar-refractivity contribution >= 4 is 13.9 Å². The van der Waals surface area contributed by atoms with Crippen LogP contribution in [0.1, 0.15) is 19.3 Å². The topological polar surface area (TPSA) is 147 Å². The standard InChI is InChI=1S/C6H14N2O2.FH2O3P/c7-4-2-1-3-5(8)6(9)10;1-5(2,3)4/h5H,1-4,7-8H2,(H,9,10);(H2,2,3,4). The van der Waals surface area contributed by atoms with Gasteiger partial charge in [0.25, 0.3) is 0 Å². The summed E-state index contributed by atoms with van der Waals surface area (Å²) in [4.78, 5) is 24.1. The van der Waals surface area contributed by atoms with Crippen LogP contribution in [-0.2, 0) is 9.36 Å². The molecule has 92 valence electrons. The smallest absolute Gasteiger partial charge is 0.480 e. The first kappa shape index (κ1) is 16.9. The summed E-state index contributed by atoms with van der Waals surface area (Å²) in [5.41, 5.74) is 10.4. The van der Waals surface area contributed by atoms with Gasteiger partial charge in [-0.15, -0.1) is 4.20 Å². The van der Waals surface area contributed by atoms with Gasteiger partial charge in [-0.2, -0.15) is 0 Å². The SMILES string of the molecule is NCCCCC(N)C(=O)O.O=P(O)(O)F. The first-order valence-corrected chi connectivity index (χ1v) is 5.62. The molecular formula is C6H16FN2O5P. The highest BCUT2D eigenvalue weighted by molar-refractivity contribution is 7.45. The maximum atomic E-state index is 10.4. The van der Waals surface area contributed by atoms with Gasteiger partial charge in [0.1, 0.15) is 6.04 Å². The predicted molar refractivity (Wildman–Crippen MR) is 51.7 cm³/mol. The molecule has 0 saturated carbocycles. The van der Waals surface area contributed by atoms with E-state index in [2.05, 4.69) is 0 Å². The van der Waals surface area contributed by atoms with E-state index in [0.29, 0.717) is 13.0 Å². The quantitative estimate of drug-likeness (QED) is 0.326. The van der Waals surface area contributed by atoms with Crippen LogP contribution in [0.3, 0.4) is 0 Å². The van der Waals surface area contributed by atoms with Gasteiger partial charge in [0.2, 0.25) is 0 Å². The van der Waals surface area contributed by atoms with E-state index >= 15 is 0 Å². The fourth-order valence-electron chi connectivity index (χ4n) is 0.632. The number of carboxylic acids is 1. The molecular weight excluding hydrogens is 230 g/mol. The van der Waals surface area contributed by atoms with Crippen molar-refractivity contribution < 1.29 is 28.4 Å². The number of nitrogens with two attached hydrogens (primary N) is 2. The summed E-state index contributed by atoms with van der Waals surface area (Å²) in [6.07, 6.45) is 2.16. The van der Waals surface area contributed by atoms with Gasteiger partial charge >= 0.3 is 13.9 Å². The first-order valence-electron chi connectivity index (χ1n) is 4.12. The third-order valence-electron chi connectivity index (χ3n) is 1.29. The average molecular weight is 246 g/mol. The number of carbonyl (C=O) groups is 1. The van der Waals surface area contributed by atoms with E-state index in [1.54, 1.807) is 0 Å². The molecule has 0 aromatic heterocycles. The van der Waals surface area contributed by atoms with E-state index in [0.717, 1.165) is 12.8 Å². The van der Waals surface area contributed by atoms with Crippen molar-refractivity contribution in [3.05, 3.63) is 0 Å². The molecule has 0 amide bonds. The van der Waals surface area contributed by atoms with Gasteiger partial charge in [-0.25, -0.2) is 4.57 Å². The van der Waals surface area contributed by atoms with Crippen molar-refractivity contribution in [2.45, 2.75) is 25.3 Å². The van der Waals surface area contributed by atoms with Crippen LogP contribution in [-0.4, -0.2) is 33.4 Å². The number of aliphatic carboxylic acids is 1. The van der Waals surface area contributed by atoms with E-state index in [9.17, 15) is 8.99 Å². The number of halogens is 1. The molecule has 0 aromatic rings. The minimum absolute atomic E-state index is 0.520. The summed E-state index contributed by atoms with van der Waals surface area (Å²) in [5.74, 6) is -0.933. The van der Waals surface area contributed by atoms with Gasteiger partial charge < -0.3 is 16.6 Å². The number of rotatable bonds is 5. The monoisotopic (exact) mass is 246 g/mol. The zero-order chi connectivity index (χ0) is 12.5. The Labute approximate surface area is 86.5 Å². The lowest BCUT2D eigenvalue weighted by Crippen LogP contribution is -2.29. The Balaban J connectivity index is 0. The van der Waals surface area contributed by atoms with Crippen LogP contribution in [0.4, 0.5) is 4.20 Å². The van der Waals surface area contributed by atoms with E-state index in [4.69, 9.17) is 30.9 Å². The van der Waals surface area contributed by atoms with Crippen molar-refractivity contribution in [1.82, 2.24) is 0 Å². The molecule has 0 aliphatic carbocycles. The molecule has 0 spiro atoms. The van der Waals surface area contributed by atoms with Crippen molar-refractivity contribution in [3.63, 3.8) is 0 Å². The lowest BCUT2D eigenvalue weighted by Gasteiger charge is -2.03. The predicted octanol–water partition coefficient (Wildman–Crippen LogP) is -0.424. The number of carboxylic acid groups (broad SMARTS) is 1. The summed E-state index contributed by atoms with van der Waals surface area (Å²) in [6, 6.07) is -0.716. The van der Waals surface area contributed by atoms with Crippen LogP contribution in [0.2, 0.25) is 0 Å². The Hall–Kier alpha value is -0.530. The second kappa shape index (κ2) is 8.75. The van der Waals surface area contributed by atoms with Gasteiger partial charge in [-0.05, 0) is 19.4 Å². The maximum Gasteiger partial charge on any atom is 0.507 e. The number of hydrogen-bond acceptors (Lipinski definition) is 4. The Morgan fingerprint density at radius 1 is 1.40 bits per heavy atom. The van der Waals surface area contributed by atoms with E-state index in [1.165, 1.54) is 0 Å². The molecule has 0 rings (SSSR count). The number of hydrogen-bond donors (Lipinski definition) is 5. The molecule has 0 fully saturated rings. The lowest BCUT2D eigenvalue weighted by molar-refractivity contribution is -0.138. The van der Waals surface area contributed by atoms with Gasteiger partial charge in [0.05, 0.1) is 0 Å². The molecule has 0 aromatic carbocycles. The Morgan fingerprint density at radius 2 is 1.80 bits per heavy atom. The summed E-state index contributed by atoms with van der Waals surface area (Å²) in [7, 11) is -5.14. The van der Waals surface area contributed by atoms with Crippen LogP contribution in [0.25, 0.3) is 0 Å². The Morgan fingerprint density at radius 3 is 2.07 bits per heavy atom. The molecule has 1 unspecified atom stereocenters. The summed E-state index contributed by atoms with van der Waals surface area (Å²) < 4.78 is 19.0. The van der Waals surface area contributed by atoms with Crippen LogP contribution in [0.5, 0.6) is 0 Å². The fraction of sp³-hybridized carbons (Fsp3) is 0.833. The number of unbranched alkanes of at least 4 members (excludes halogenated alkanes) is 1. The van der Waals surface area contributed by atoms with Gasteiger partial charge in [-0.1, -0.05) is 6.42 Å². The van der Waals surface area contributed by atoms with Crippen LogP contribution >= 0.6 is 7.91 Å². The van der Waals surface area contributed by atoms with Crippen molar-refractivity contribution in [1.29, 1.82) is 0 Å². The third-order valence-corrected chi connectivity index (χ3v) is 1.29. The molecule has 15 heavy (non-hydrogen) atoms. The summed E-state index contributed by atoms with van der Waals surface area (Å²) in [5, 5.41) is 8.33. The fourth-order valence-corrected chi connectivity index (χ4v) is 0.632. The highest BCUT2D eigenvalue weighted by Gasteiger charge is 2.09. The average Bonchev–Trinajstić information content (AvgIpc) is 2.01. The van der Waals surface area contributed by atoms with Crippen LogP contribution in [0, 0.1) is 0 Å². The molecule has 1 atom stereocenters. The largest absolute Gasteiger partial charge is 0.507 e. The van der Waals surface area contributed by atoms with Crippen molar-refractivity contribution in [2.24, 2.45) is 11.5 Å².